The van der Waals surface area contributed by atoms with E-state index >= 15 is 0 Å². The predicted octanol–water partition coefficient (Wildman–Crippen LogP) is 1.50. The Morgan fingerprint density at radius 2 is 2.57 bits per heavy atom. The van der Waals surface area contributed by atoms with Crippen LogP contribution in [0.1, 0.15) is 23.5 Å². The summed E-state index contributed by atoms with van der Waals surface area (Å²) in [5.74, 6) is 0. The molecule has 1 saturated heterocycles. The van der Waals surface area contributed by atoms with E-state index in [1.807, 2.05) is 6.92 Å². The van der Waals surface area contributed by atoms with Crippen LogP contribution in [-0.4, -0.2) is 23.7 Å². The molecule has 1 atom stereocenters. The minimum Gasteiger partial charge on any atom is -0.373 e. The Hall–Kier alpha value is -0.450. The molecule has 0 amide bonds. The van der Waals surface area contributed by atoms with Gasteiger partial charge in [-0.1, -0.05) is 0 Å². The molecule has 3 nitrogen and oxygen atoms in total. The molecule has 1 aromatic heterocycles. The maximum atomic E-state index is 5.77. The molecular formula is C10H16N2OS. The van der Waals surface area contributed by atoms with Crippen LogP contribution in [0.25, 0.3) is 0 Å². The van der Waals surface area contributed by atoms with E-state index in [2.05, 4.69) is 10.4 Å². The van der Waals surface area contributed by atoms with E-state index in [1.165, 1.54) is 0 Å². The first-order chi connectivity index (χ1) is 6.74. The summed E-state index contributed by atoms with van der Waals surface area (Å²) in [6.45, 7) is 3.47. The molecule has 1 aliphatic rings. The molecule has 1 unspecified atom stereocenters. The van der Waals surface area contributed by atoms with Gasteiger partial charge in [0.1, 0.15) is 0 Å². The van der Waals surface area contributed by atoms with E-state index in [-0.39, 0.29) is 5.60 Å². The lowest BCUT2D eigenvalue weighted by molar-refractivity contribution is 0.0116. The van der Waals surface area contributed by atoms with Gasteiger partial charge in [0.05, 0.1) is 16.3 Å². The molecular weight excluding hydrogens is 196 g/mol. The monoisotopic (exact) mass is 212 g/mol. The topological polar surface area (TPSA) is 48.1 Å². The second-order valence-electron chi connectivity index (χ2n) is 3.87. The Labute approximate surface area is 88.3 Å². The van der Waals surface area contributed by atoms with Crippen LogP contribution in [0.3, 0.4) is 0 Å². The van der Waals surface area contributed by atoms with Gasteiger partial charge in [-0.25, -0.2) is 4.98 Å². The van der Waals surface area contributed by atoms with Crippen molar-refractivity contribution in [2.45, 2.75) is 31.8 Å². The van der Waals surface area contributed by atoms with Gasteiger partial charge in [-0.05, 0) is 19.8 Å². The zero-order valence-electron chi connectivity index (χ0n) is 8.45. The van der Waals surface area contributed by atoms with Crippen LogP contribution in [0.15, 0.2) is 5.38 Å². The van der Waals surface area contributed by atoms with Crippen molar-refractivity contribution in [1.82, 2.24) is 4.98 Å². The number of rotatable bonds is 3. The quantitative estimate of drug-likeness (QED) is 0.826. The van der Waals surface area contributed by atoms with Crippen molar-refractivity contribution in [2.24, 2.45) is 5.73 Å². The fourth-order valence-corrected chi connectivity index (χ4v) is 2.56. The van der Waals surface area contributed by atoms with E-state index in [9.17, 15) is 0 Å². The molecule has 2 rings (SSSR count). The normalized spacial score (nSPS) is 27.0. The Kier molecular flexibility index (Phi) is 2.85. The summed E-state index contributed by atoms with van der Waals surface area (Å²) in [5, 5.41) is 3.22. The molecule has 14 heavy (non-hydrogen) atoms. The van der Waals surface area contributed by atoms with Gasteiger partial charge in [-0.15, -0.1) is 11.3 Å². The molecule has 1 fully saturated rings. The fourth-order valence-electron chi connectivity index (χ4n) is 1.95. The minimum atomic E-state index is -0.124. The molecule has 0 aliphatic carbocycles. The summed E-state index contributed by atoms with van der Waals surface area (Å²) >= 11 is 1.69. The van der Waals surface area contributed by atoms with Gasteiger partial charge in [0.15, 0.2) is 0 Å². The van der Waals surface area contributed by atoms with Crippen LogP contribution in [0, 0.1) is 6.92 Å². The highest BCUT2D eigenvalue weighted by atomic mass is 32.1. The van der Waals surface area contributed by atoms with Crippen LogP contribution >= 0.6 is 11.3 Å². The first kappa shape index (κ1) is 10.1. The SMILES string of the molecule is Cc1nc(CC2(CN)CCCO2)cs1. The Morgan fingerprint density at radius 3 is 3.07 bits per heavy atom. The number of aromatic nitrogens is 1. The zero-order chi connectivity index (χ0) is 10.0. The lowest BCUT2D eigenvalue weighted by Gasteiger charge is -2.25. The van der Waals surface area contributed by atoms with Crippen LogP contribution in [0.2, 0.25) is 0 Å². The largest absolute Gasteiger partial charge is 0.373 e. The van der Waals surface area contributed by atoms with E-state index < -0.39 is 0 Å². The average molecular weight is 212 g/mol. The molecule has 0 radical (unpaired) electrons. The standard InChI is InChI=1S/C10H16N2OS/c1-8-12-9(6-14-8)5-10(7-11)3-2-4-13-10/h6H,2-5,7,11H2,1H3. The molecule has 4 heteroatoms. The first-order valence-corrected chi connectivity index (χ1v) is 5.87. The zero-order valence-corrected chi connectivity index (χ0v) is 9.27. The number of aryl methyl sites for hydroxylation is 1. The lowest BCUT2D eigenvalue weighted by Crippen LogP contribution is -2.39. The van der Waals surface area contributed by atoms with Gasteiger partial charge >= 0.3 is 0 Å². The van der Waals surface area contributed by atoms with E-state index in [1.54, 1.807) is 11.3 Å². The summed E-state index contributed by atoms with van der Waals surface area (Å²) in [6.07, 6.45) is 3.06. The lowest BCUT2D eigenvalue weighted by atomic mass is 9.95. The third-order valence-electron chi connectivity index (χ3n) is 2.73. The third kappa shape index (κ3) is 1.97. The van der Waals surface area contributed by atoms with Crippen molar-refractivity contribution in [1.29, 1.82) is 0 Å². The van der Waals surface area contributed by atoms with Crippen LogP contribution in [-0.2, 0) is 11.2 Å². The highest BCUT2D eigenvalue weighted by Crippen LogP contribution is 2.28. The second kappa shape index (κ2) is 3.96. The van der Waals surface area contributed by atoms with Crippen LogP contribution < -0.4 is 5.73 Å². The van der Waals surface area contributed by atoms with E-state index in [0.29, 0.717) is 6.54 Å². The molecule has 2 heterocycles. The van der Waals surface area contributed by atoms with Crippen molar-refractivity contribution in [3.05, 3.63) is 16.1 Å². The van der Waals surface area contributed by atoms with Crippen molar-refractivity contribution >= 4 is 11.3 Å². The molecule has 0 aromatic carbocycles. The summed E-state index contributed by atoms with van der Waals surface area (Å²) in [7, 11) is 0. The number of thiazole rings is 1. The summed E-state index contributed by atoms with van der Waals surface area (Å²) in [6, 6.07) is 0. The number of nitrogens with zero attached hydrogens (tertiary/aromatic N) is 1. The highest BCUT2D eigenvalue weighted by molar-refractivity contribution is 7.09. The maximum absolute atomic E-state index is 5.77. The Morgan fingerprint density at radius 1 is 1.71 bits per heavy atom. The number of nitrogens with two attached hydrogens (primary N) is 1. The molecule has 2 N–H and O–H groups in total. The van der Waals surface area contributed by atoms with Gasteiger partial charge in [0, 0.05) is 25.0 Å². The van der Waals surface area contributed by atoms with Gasteiger partial charge in [-0.3, -0.25) is 0 Å². The smallest absolute Gasteiger partial charge is 0.0897 e. The fraction of sp³-hybridized carbons (Fsp3) is 0.700. The van der Waals surface area contributed by atoms with Crippen molar-refractivity contribution in [3.63, 3.8) is 0 Å². The van der Waals surface area contributed by atoms with Crippen LogP contribution in [0.5, 0.6) is 0 Å². The predicted molar refractivity (Wildman–Crippen MR) is 57.5 cm³/mol. The Balaban J connectivity index is 2.08. The number of ether oxygens (including phenoxy) is 1. The maximum Gasteiger partial charge on any atom is 0.0897 e. The number of hydrogen-bond donors (Lipinski definition) is 1. The van der Waals surface area contributed by atoms with Crippen molar-refractivity contribution in [2.75, 3.05) is 13.2 Å². The molecule has 0 bridgehead atoms. The second-order valence-corrected chi connectivity index (χ2v) is 4.94. The van der Waals surface area contributed by atoms with Gasteiger partial charge in [0.25, 0.3) is 0 Å². The average Bonchev–Trinajstić information content (AvgIpc) is 2.77. The molecule has 1 aromatic rings. The van der Waals surface area contributed by atoms with Gasteiger partial charge in [-0.2, -0.15) is 0 Å². The van der Waals surface area contributed by atoms with E-state index in [0.717, 1.165) is 36.6 Å². The first-order valence-electron chi connectivity index (χ1n) is 4.99. The molecule has 0 saturated carbocycles. The molecule has 0 spiro atoms. The number of hydrogen-bond acceptors (Lipinski definition) is 4. The highest BCUT2D eigenvalue weighted by Gasteiger charge is 2.34. The van der Waals surface area contributed by atoms with Crippen molar-refractivity contribution in [3.8, 4) is 0 Å². The molecule has 1 aliphatic heterocycles. The van der Waals surface area contributed by atoms with Crippen LogP contribution in [0.4, 0.5) is 0 Å². The van der Waals surface area contributed by atoms with Gasteiger partial charge < -0.3 is 10.5 Å². The van der Waals surface area contributed by atoms with Gasteiger partial charge in [0.2, 0.25) is 0 Å². The van der Waals surface area contributed by atoms with Crippen molar-refractivity contribution < 1.29 is 4.74 Å². The summed E-state index contributed by atoms with van der Waals surface area (Å²) < 4.78 is 5.74. The third-order valence-corrected chi connectivity index (χ3v) is 3.55. The summed E-state index contributed by atoms with van der Waals surface area (Å²) in [5.41, 5.74) is 6.77. The Bertz CT molecular complexity index is 305. The molecule has 78 valence electrons. The van der Waals surface area contributed by atoms with E-state index in [4.69, 9.17) is 10.5 Å². The minimum absolute atomic E-state index is 0.124. The summed E-state index contributed by atoms with van der Waals surface area (Å²) in [4.78, 5) is 4.45.